The Balaban J connectivity index is 3.18. The van der Waals surface area contributed by atoms with Crippen LogP contribution >= 0.6 is 0 Å². The maximum absolute atomic E-state index is 12.0. The zero-order valence-electron chi connectivity index (χ0n) is 10.5. The largest absolute Gasteiger partial charge is 0.501 e. The van der Waals surface area contributed by atoms with E-state index in [1.165, 1.54) is 14.0 Å². The molecule has 4 nitrogen and oxygen atoms in total. The van der Waals surface area contributed by atoms with Gasteiger partial charge in [-0.15, -0.1) is 0 Å². The second-order valence-electron chi connectivity index (χ2n) is 4.13. The van der Waals surface area contributed by atoms with Gasteiger partial charge in [-0.1, -0.05) is 11.6 Å². The number of rotatable bonds is 3. The van der Waals surface area contributed by atoms with E-state index in [9.17, 15) is 14.7 Å². The number of ketones is 2. The number of allylic oxidation sites excluding steroid dienone is 4. The Kier molecular flexibility index (Phi) is 3.89. The van der Waals surface area contributed by atoms with Crippen LogP contribution < -0.4 is 0 Å². The van der Waals surface area contributed by atoms with E-state index < -0.39 is 17.3 Å². The van der Waals surface area contributed by atoms with Crippen LogP contribution in [-0.4, -0.2) is 23.8 Å². The smallest absolute Gasteiger partial charge is 0.228 e. The normalized spacial score (nSPS) is 16.5. The second kappa shape index (κ2) is 4.99. The fourth-order valence-corrected chi connectivity index (χ4v) is 1.57. The molecule has 4 heteroatoms. The van der Waals surface area contributed by atoms with Crippen molar-refractivity contribution in [1.82, 2.24) is 0 Å². The Morgan fingerprint density at radius 3 is 2.35 bits per heavy atom. The molecule has 17 heavy (non-hydrogen) atoms. The molecule has 0 aromatic carbocycles. The lowest BCUT2D eigenvalue weighted by Crippen LogP contribution is -2.23. The molecule has 0 heterocycles. The van der Waals surface area contributed by atoms with E-state index in [0.717, 1.165) is 5.57 Å². The summed E-state index contributed by atoms with van der Waals surface area (Å²) in [7, 11) is 1.26. The number of hydrogen-bond donors (Lipinski definition) is 1. The minimum atomic E-state index is -0.601. The summed E-state index contributed by atoms with van der Waals surface area (Å²) in [5.41, 5.74) is 1.72. The first-order valence-corrected chi connectivity index (χ1v) is 5.29. The van der Waals surface area contributed by atoms with Crippen LogP contribution in [0.2, 0.25) is 0 Å². The molecule has 92 valence electrons. The summed E-state index contributed by atoms with van der Waals surface area (Å²) in [5, 5.41) is 9.51. The number of carbonyl (C=O) groups excluding carboxylic acids is 2. The molecule has 0 spiro atoms. The van der Waals surface area contributed by atoms with Gasteiger partial charge in [-0.25, -0.2) is 0 Å². The van der Waals surface area contributed by atoms with Crippen molar-refractivity contribution in [2.75, 3.05) is 7.11 Å². The summed E-state index contributed by atoms with van der Waals surface area (Å²) in [5.74, 6) is -1.83. The summed E-state index contributed by atoms with van der Waals surface area (Å²) >= 11 is 0. The summed E-state index contributed by atoms with van der Waals surface area (Å²) in [4.78, 5) is 23.6. The van der Waals surface area contributed by atoms with Crippen molar-refractivity contribution >= 4 is 11.6 Å². The molecular weight excluding hydrogens is 220 g/mol. The van der Waals surface area contributed by atoms with Crippen molar-refractivity contribution < 1.29 is 19.4 Å². The second-order valence-corrected chi connectivity index (χ2v) is 4.13. The zero-order valence-corrected chi connectivity index (χ0v) is 10.5. The Morgan fingerprint density at radius 2 is 1.88 bits per heavy atom. The van der Waals surface area contributed by atoms with Gasteiger partial charge in [0.2, 0.25) is 23.1 Å². The summed E-state index contributed by atoms with van der Waals surface area (Å²) in [6.45, 7) is 5.36. The third-order valence-electron chi connectivity index (χ3n) is 2.62. The van der Waals surface area contributed by atoms with Crippen LogP contribution in [0.15, 0.2) is 34.3 Å². The van der Waals surface area contributed by atoms with E-state index in [-0.39, 0.29) is 11.3 Å². The summed E-state index contributed by atoms with van der Waals surface area (Å²) in [6, 6.07) is 0. The first kappa shape index (κ1) is 13.2. The molecule has 0 saturated heterocycles. The molecule has 0 aromatic heterocycles. The van der Waals surface area contributed by atoms with E-state index >= 15 is 0 Å². The van der Waals surface area contributed by atoms with Crippen LogP contribution in [0, 0.1) is 0 Å². The molecule has 1 rings (SSSR count). The number of carbonyl (C=O) groups is 2. The Labute approximate surface area is 100 Å². The molecule has 0 radical (unpaired) electrons. The lowest BCUT2D eigenvalue weighted by atomic mass is 9.91. The van der Waals surface area contributed by atoms with Crippen molar-refractivity contribution in [1.29, 1.82) is 0 Å². The molecule has 1 aliphatic rings. The number of hydrogen-bond acceptors (Lipinski definition) is 4. The van der Waals surface area contributed by atoms with Crippen molar-refractivity contribution in [2.24, 2.45) is 0 Å². The van der Waals surface area contributed by atoms with E-state index in [1.807, 2.05) is 19.9 Å². The standard InChI is InChI=1S/C13H16O4/c1-7(2)5-6-9-8(3)10(14)12(16)13(17-4)11(9)15/h5,16H,6H2,1-4H3. The molecule has 0 aliphatic heterocycles. The van der Waals surface area contributed by atoms with Gasteiger partial charge in [-0.2, -0.15) is 0 Å². The fourth-order valence-electron chi connectivity index (χ4n) is 1.57. The highest BCUT2D eigenvalue weighted by Crippen LogP contribution is 2.26. The molecule has 0 aromatic rings. The maximum atomic E-state index is 12.0. The Bertz CT molecular complexity index is 460. The van der Waals surface area contributed by atoms with Gasteiger partial charge in [0, 0.05) is 11.1 Å². The lowest BCUT2D eigenvalue weighted by Gasteiger charge is -2.17. The first-order chi connectivity index (χ1) is 7.90. The highest BCUT2D eigenvalue weighted by atomic mass is 16.5. The highest BCUT2D eigenvalue weighted by molar-refractivity contribution is 6.23. The quantitative estimate of drug-likeness (QED) is 0.603. The summed E-state index contributed by atoms with van der Waals surface area (Å²) < 4.78 is 4.78. The molecule has 1 N–H and O–H groups in total. The highest BCUT2D eigenvalue weighted by Gasteiger charge is 2.32. The molecule has 0 amide bonds. The first-order valence-electron chi connectivity index (χ1n) is 5.29. The molecule has 0 unspecified atom stereocenters. The third-order valence-corrected chi connectivity index (χ3v) is 2.62. The van der Waals surface area contributed by atoms with Crippen molar-refractivity contribution in [3.8, 4) is 0 Å². The number of Topliss-reactive ketones (excluding diaryl/α,β-unsaturated/α-hetero) is 2. The van der Waals surface area contributed by atoms with Crippen molar-refractivity contribution in [3.05, 3.63) is 34.3 Å². The number of ether oxygens (including phenoxy) is 1. The van der Waals surface area contributed by atoms with Crippen molar-refractivity contribution in [2.45, 2.75) is 27.2 Å². The Morgan fingerprint density at radius 1 is 1.29 bits per heavy atom. The fraction of sp³-hybridized carbons (Fsp3) is 0.385. The number of aliphatic hydroxyl groups is 1. The van der Waals surface area contributed by atoms with Crippen LogP contribution in [0.1, 0.15) is 27.2 Å². The van der Waals surface area contributed by atoms with Crippen LogP contribution in [-0.2, 0) is 14.3 Å². The monoisotopic (exact) mass is 236 g/mol. The van der Waals surface area contributed by atoms with Gasteiger partial charge >= 0.3 is 0 Å². The van der Waals surface area contributed by atoms with Gasteiger partial charge < -0.3 is 9.84 Å². The lowest BCUT2D eigenvalue weighted by molar-refractivity contribution is -0.120. The molecule has 0 atom stereocenters. The van der Waals surface area contributed by atoms with Crippen LogP contribution in [0.5, 0.6) is 0 Å². The minimum absolute atomic E-state index is 0.266. The molecule has 0 bridgehead atoms. The van der Waals surface area contributed by atoms with Crippen molar-refractivity contribution in [3.63, 3.8) is 0 Å². The average Bonchev–Trinajstić information content (AvgIpc) is 2.26. The van der Waals surface area contributed by atoms with Gasteiger partial charge in [0.15, 0.2) is 0 Å². The molecule has 0 fully saturated rings. The molecule has 0 saturated carbocycles. The predicted molar refractivity (Wildman–Crippen MR) is 63.4 cm³/mol. The van der Waals surface area contributed by atoms with Gasteiger partial charge in [0.25, 0.3) is 0 Å². The van der Waals surface area contributed by atoms with Crippen LogP contribution in [0.4, 0.5) is 0 Å². The van der Waals surface area contributed by atoms with E-state index in [2.05, 4.69) is 0 Å². The van der Waals surface area contributed by atoms with Gasteiger partial charge in [-0.05, 0) is 27.2 Å². The predicted octanol–water partition coefficient (Wildman–Crippen LogP) is 2.23. The average molecular weight is 236 g/mol. The summed E-state index contributed by atoms with van der Waals surface area (Å²) in [6.07, 6.45) is 2.23. The molecular formula is C13H16O4. The van der Waals surface area contributed by atoms with Crippen LogP contribution in [0.25, 0.3) is 0 Å². The third kappa shape index (κ3) is 2.46. The Hall–Kier alpha value is -1.84. The number of aliphatic hydroxyl groups excluding tert-OH is 1. The van der Waals surface area contributed by atoms with Gasteiger partial charge in [0.1, 0.15) is 0 Å². The van der Waals surface area contributed by atoms with Crippen LogP contribution in [0.3, 0.4) is 0 Å². The maximum Gasteiger partial charge on any atom is 0.228 e. The minimum Gasteiger partial charge on any atom is -0.501 e. The van der Waals surface area contributed by atoms with E-state index in [4.69, 9.17) is 4.74 Å². The SMILES string of the molecule is COC1=C(O)C(=O)C(C)=C(CC=C(C)C)C1=O. The van der Waals surface area contributed by atoms with E-state index in [1.54, 1.807) is 0 Å². The zero-order chi connectivity index (χ0) is 13.2. The van der Waals surface area contributed by atoms with E-state index in [0.29, 0.717) is 12.0 Å². The van der Waals surface area contributed by atoms with Gasteiger partial charge in [-0.3, -0.25) is 9.59 Å². The molecule has 1 aliphatic carbocycles. The number of methoxy groups -OCH3 is 1. The topological polar surface area (TPSA) is 63.6 Å². The van der Waals surface area contributed by atoms with Gasteiger partial charge in [0.05, 0.1) is 7.11 Å².